The topological polar surface area (TPSA) is 41.1 Å². The Kier molecular flexibility index (Phi) is 4.09. The van der Waals surface area contributed by atoms with Gasteiger partial charge in [-0.05, 0) is 37.0 Å². The van der Waals surface area contributed by atoms with Crippen molar-refractivity contribution >= 4 is 5.91 Å². The van der Waals surface area contributed by atoms with E-state index in [4.69, 9.17) is 0 Å². The van der Waals surface area contributed by atoms with Gasteiger partial charge in [-0.15, -0.1) is 0 Å². The van der Waals surface area contributed by atoms with Crippen LogP contribution in [0, 0.1) is 5.82 Å². The molecule has 3 nitrogen and oxygen atoms in total. The van der Waals surface area contributed by atoms with E-state index in [1.54, 1.807) is 12.1 Å². The fraction of sp³-hybridized carbons (Fsp3) is 0.462. The van der Waals surface area contributed by atoms with Gasteiger partial charge in [-0.25, -0.2) is 4.39 Å². The van der Waals surface area contributed by atoms with Gasteiger partial charge in [0.05, 0.1) is 6.04 Å². The molecule has 1 amide bonds. The summed E-state index contributed by atoms with van der Waals surface area (Å²) in [6.07, 6.45) is 2.97. The standard InChI is InChI=1S/C13H17FN2O/c14-11-6-4-10(5-7-11)9-16-12-3-1-2-8-15-13(12)17/h4-7,12,16H,1-3,8-9H2,(H,15,17). The molecule has 0 aliphatic carbocycles. The fourth-order valence-corrected chi connectivity index (χ4v) is 1.98. The maximum Gasteiger partial charge on any atom is 0.237 e. The number of carbonyl (C=O) groups excluding carboxylic acids is 1. The Morgan fingerprint density at radius 2 is 2.06 bits per heavy atom. The van der Waals surface area contributed by atoms with Crippen molar-refractivity contribution in [3.05, 3.63) is 35.6 Å². The first kappa shape index (κ1) is 12.0. The summed E-state index contributed by atoms with van der Waals surface area (Å²) in [6, 6.07) is 6.21. The van der Waals surface area contributed by atoms with E-state index in [2.05, 4.69) is 10.6 Å². The third-order valence-electron chi connectivity index (χ3n) is 3.00. The highest BCUT2D eigenvalue weighted by Gasteiger charge is 2.19. The number of rotatable bonds is 3. The Morgan fingerprint density at radius 1 is 1.29 bits per heavy atom. The van der Waals surface area contributed by atoms with Crippen LogP contribution in [0.25, 0.3) is 0 Å². The van der Waals surface area contributed by atoms with Crippen molar-refractivity contribution in [2.45, 2.75) is 31.8 Å². The zero-order chi connectivity index (χ0) is 12.1. The number of halogens is 1. The van der Waals surface area contributed by atoms with E-state index < -0.39 is 0 Å². The van der Waals surface area contributed by atoms with Crippen molar-refractivity contribution in [1.29, 1.82) is 0 Å². The molecule has 17 heavy (non-hydrogen) atoms. The Labute approximate surface area is 100 Å². The third-order valence-corrected chi connectivity index (χ3v) is 3.00. The minimum atomic E-state index is -0.235. The monoisotopic (exact) mass is 236 g/mol. The van der Waals surface area contributed by atoms with E-state index in [1.807, 2.05) is 0 Å². The Balaban J connectivity index is 1.88. The maximum atomic E-state index is 12.7. The van der Waals surface area contributed by atoms with Gasteiger partial charge in [0.1, 0.15) is 5.82 Å². The van der Waals surface area contributed by atoms with E-state index in [0.29, 0.717) is 6.54 Å². The molecule has 1 fully saturated rings. The molecule has 1 aliphatic heterocycles. The highest BCUT2D eigenvalue weighted by atomic mass is 19.1. The Hall–Kier alpha value is -1.42. The second kappa shape index (κ2) is 5.77. The highest BCUT2D eigenvalue weighted by molar-refractivity contribution is 5.81. The molecule has 0 spiro atoms. The molecule has 92 valence electrons. The quantitative estimate of drug-likeness (QED) is 0.836. The van der Waals surface area contributed by atoms with E-state index in [9.17, 15) is 9.18 Å². The number of nitrogens with one attached hydrogen (secondary N) is 2. The Morgan fingerprint density at radius 3 is 2.82 bits per heavy atom. The van der Waals surface area contributed by atoms with Crippen LogP contribution in [0.3, 0.4) is 0 Å². The van der Waals surface area contributed by atoms with Crippen molar-refractivity contribution in [2.75, 3.05) is 6.54 Å². The predicted octanol–water partition coefficient (Wildman–Crippen LogP) is 1.58. The minimum Gasteiger partial charge on any atom is -0.355 e. The normalized spacial score (nSPS) is 20.8. The van der Waals surface area contributed by atoms with Crippen LogP contribution in [0.15, 0.2) is 24.3 Å². The SMILES string of the molecule is O=C1NCCCCC1NCc1ccc(F)cc1. The van der Waals surface area contributed by atoms with E-state index in [1.165, 1.54) is 12.1 Å². The van der Waals surface area contributed by atoms with Crippen molar-refractivity contribution in [3.8, 4) is 0 Å². The molecular weight excluding hydrogens is 219 g/mol. The van der Waals surface area contributed by atoms with Crippen molar-refractivity contribution in [2.24, 2.45) is 0 Å². The summed E-state index contributed by atoms with van der Waals surface area (Å²) in [5.41, 5.74) is 0.989. The van der Waals surface area contributed by atoms with Crippen LogP contribution in [-0.2, 0) is 11.3 Å². The highest BCUT2D eigenvalue weighted by Crippen LogP contribution is 2.07. The van der Waals surface area contributed by atoms with Crippen LogP contribution in [0.4, 0.5) is 4.39 Å². The van der Waals surface area contributed by atoms with Crippen LogP contribution in [0.5, 0.6) is 0 Å². The zero-order valence-electron chi connectivity index (χ0n) is 9.71. The van der Waals surface area contributed by atoms with E-state index >= 15 is 0 Å². The first-order valence-electron chi connectivity index (χ1n) is 6.01. The maximum absolute atomic E-state index is 12.7. The van der Waals surface area contributed by atoms with Gasteiger partial charge in [0, 0.05) is 13.1 Å². The molecule has 0 aromatic heterocycles. The predicted molar refractivity (Wildman–Crippen MR) is 63.9 cm³/mol. The Bertz CT molecular complexity index is 378. The number of hydrogen-bond donors (Lipinski definition) is 2. The molecule has 2 N–H and O–H groups in total. The van der Waals surface area contributed by atoms with Gasteiger partial charge in [-0.2, -0.15) is 0 Å². The molecule has 1 unspecified atom stereocenters. The second-order valence-corrected chi connectivity index (χ2v) is 4.35. The molecule has 1 saturated heterocycles. The molecule has 1 aliphatic rings. The van der Waals surface area contributed by atoms with E-state index in [-0.39, 0.29) is 17.8 Å². The average Bonchev–Trinajstić information content (AvgIpc) is 2.54. The lowest BCUT2D eigenvalue weighted by Gasteiger charge is -2.15. The smallest absolute Gasteiger partial charge is 0.237 e. The molecule has 2 rings (SSSR count). The summed E-state index contributed by atoms with van der Waals surface area (Å²) in [4.78, 5) is 11.7. The lowest BCUT2D eigenvalue weighted by Crippen LogP contribution is -2.42. The van der Waals surface area contributed by atoms with Crippen LogP contribution in [0.1, 0.15) is 24.8 Å². The van der Waals surface area contributed by atoms with Crippen LogP contribution in [-0.4, -0.2) is 18.5 Å². The van der Waals surface area contributed by atoms with Crippen molar-refractivity contribution < 1.29 is 9.18 Å². The molecule has 0 radical (unpaired) electrons. The number of benzene rings is 1. The van der Waals surface area contributed by atoms with Crippen LogP contribution < -0.4 is 10.6 Å². The molecule has 1 aromatic carbocycles. The number of hydrogen-bond acceptors (Lipinski definition) is 2. The lowest BCUT2D eigenvalue weighted by molar-refractivity contribution is -0.122. The third kappa shape index (κ3) is 3.53. The van der Waals surface area contributed by atoms with Gasteiger partial charge in [0.15, 0.2) is 0 Å². The van der Waals surface area contributed by atoms with Gasteiger partial charge in [0.25, 0.3) is 0 Å². The molecule has 0 saturated carbocycles. The van der Waals surface area contributed by atoms with Gasteiger partial charge in [0.2, 0.25) is 5.91 Å². The fourth-order valence-electron chi connectivity index (χ4n) is 1.98. The largest absolute Gasteiger partial charge is 0.355 e. The number of amides is 1. The average molecular weight is 236 g/mol. The minimum absolute atomic E-state index is 0.0737. The van der Waals surface area contributed by atoms with Crippen molar-refractivity contribution in [1.82, 2.24) is 10.6 Å². The zero-order valence-corrected chi connectivity index (χ0v) is 9.71. The lowest BCUT2D eigenvalue weighted by atomic mass is 10.1. The molecular formula is C13H17FN2O. The molecule has 1 aromatic rings. The van der Waals surface area contributed by atoms with Gasteiger partial charge < -0.3 is 10.6 Å². The van der Waals surface area contributed by atoms with Gasteiger partial charge >= 0.3 is 0 Å². The second-order valence-electron chi connectivity index (χ2n) is 4.35. The van der Waals surface area contributed by atoms with Crippen LogP contribution in [0.2, 0.25) is 0 Å². The van der Waals surface area contributed by atoms with Gasteiger partial charge in [-0.3, -0.25) is 4.79 Å². The first-order chi connectivity index (χ1) is 8.25. The molecule has 4 heteroatoms. The molecule has 1 heterocycles. The van der Waals surface area contributed by atoms with Crippen LogP contribution >= 0.6 is 0 Å². The summed E-state index contributed by atoms with van der Waals surface area (Å²) >= 11 is 0. The summed E-state index contributed by atoms with van der Waals surface area (Å²) in [7, 11) is 0. The van der Waals surface area contributed by atoms with Gasteiger partial charge in [-0.1, -0.05) is 12.1 Å². The molecule has 0 bridgehead atoms. The number of carbonyl (C=O) groups is 1. The first-order valence-corrected chi connectivity index (χ1v) is 6.01. The summed E-state index contributed by atoms with van der Waals surface area (Å²) in [5.74, 6) is -0.162. The molecule has 1 atom stereocenters. The summed E-state index contributed by atoms with van der Waals surface area (Å²) < 4.78 is 12.7. The summed E-state index contributed by atoms with van der Waals surface area (Å²) in [5, 5.41) is 6.09. The van der Waals surface area contributed by atoms with E-state index in [0.717, 1.165) is 31.4 Å². The van der Waals surface area contributed by atoms with Crippen molar-refractivity contribution in [3.63, 3.8) is 0 Å². The summed E-state index contributed by atoms with van der Waals surface area (Å²) in [6.45, 7) is 1.37.